The molecular weight excluding hydrogens is 258 g/mol. The summed E-state index contributed by atoms with van der Waals surface area (Å²) in [6.07, 6.45) is 2.63. The summed E-state index contributed by atoms with van der Waals surface area (Å²) in [6.45, 7) is 0.871. The first-order chi connectivity index (χ1) is 9.34. The number of rotatable bonds is 2. The molecule has 1 aliphatic heterocycles. The lowest BCUT2D eigenvalue weighted by Crippen LogP contribution is -2.69. The molecule has 3 N–H and O–H groups in total. The second-order valence-electron chi connectivity index (χ2n) is 5.42. The number of hydrogen-bond acceptors (Lipinski definition) is 5. The van der Waals surface area contributed by atoms with Crippen LogP contribution in [-0.4, -0.2) is 29.2 Å². The summed E-state index contributed by atoms with van der Waals surface area (Å²) in [5, 5.41) is 5.85. The number of aromatic nitrogens is 1. The van der Waals surface area contributed by atoms with Crippen molar-refractivity contribution in [3.8, 4) is 0 Å². The van der Waals surface area contributed by atoms with Gasteiger partial charge in [-0.3, -0.25) is 0 Å². The van der Waals surface area contributed by atoms with Gasteiger partial charge >= 0.3 is 0 Å². The number of nitrogens with zero attached hydrogens (tertiary/aromatic N) is 1. The van der Waals surface area contributed by atoms with Crippen molar-refractivity contribution in [3.05, 3.63) is 24.3 Å². The largest absolute Gasteiger partial charge is 0.376 e. The number of benzene rings is 1. The van der Waals surface area contributed by atoms with Gasteiger partial charge < -0.3 is 15.8 Å². The highest BCUT2D eigenvalue weighted by atomic mass is 32.1. The van der Waals surface area contributed by atoms with E-state index >= 15 is 0 Å². The molecule has 100 valence electrons. The molecule has 2 fully saturated rings. The van der Waals surface area contributed by atoms with Gasteiger partial charge in [-0.15, -0.1) is 0 Å². The number of fused-ring (bicyclic) bond motifs is 2. The second-order valence-corrected chi connectivity index (χ2v) is 6.19. The predicted octanol–water partition coefficient (Wildman–Crippen LogP) is 2.21. The number of anilines is 1. The molecular formula is C14H17N3OS. The van der Waals surface area contributed by atoms with Gasteiger partial charge in [0, 0.05) is 24.0 Å². The molecule has 1 aromatic carbocycles. The minimum atomic E-state index is 0.200. The third kappa shape index (κ3) is 1.76. The van der Waals surface area contributed by atoms with Crippen LogP contribution >= 0.6 is 11.5 Å². The van der Waals surface area contributed by atoms with Gasteiger partial charge in [-0.1, -0.05) is 12.1 Å². The van der Waals surface area contributed by atoms with E-state index in [1.165, 1.54) is 23.3 Å². The maximum Gasteiger partial charge on any atom is 0.117 e. The lowest BCUT2D eigenvalue weighted by atomic mass is 9.69. The first-order valence-corrected chi connectivity index (χ1v) is 7.60. The van der Waals surface area contributed by atoms with Crippen LogP contribution in [-0.2, 0) is 4.74 Å². The Morgan fingerprint density at radius 3 is 3.21 bits per heavy atom. The topological polar surface area (TPSA) is 60.2 Å². The summed E-state index contributed by atoms with van der Waals surface area (Å²) in [6, 6.07) is 8.63. The monoisotopic (exact) mass is 275 g/mol. The van der Waals surface area contributed by atoms with Crippen molar-refractivity contribution in [3.63, 3.8) is 0 Å². The Kier molecular flexibility index (Phi) is 2.72. The summed E-state index contributed by atoms with van der Waals surface area (Å²) in [4.78, 5) is 0. The van der Waals surface area contributed by atoms with Crippen LogP contribution in [0.2, 0.25) is 0 Å². The highest BCUT2D eigenvalue weighted by molar-refractivity contribution is 7.11. The molecule has 0 spiro atoms. The van der Waals surface area contributed by atoms with Gasteiger partial charge in [0.05, 0.1) is 17.7 Å². The summed E-state index contributed by atoms with van der Waals surface area (Å²) in [5.41, 5.74) is 7.33. The Morgan fingerprint density at radius 2 is 2.26 bits per heavy atom. The van der Waals surface area contributed by atoms with Crippen molar-refractivity contribution in [2.45, 2.75) is 31.0 Å². The van der Waals surface area contributed by atoms with E-state index in [1.54, 1.807) is 0 Å². The van der Waals surface area contributed by atoms with Crippen molar-refractivity contribution < 1.29 is 4.74 Å². The molecule has 2 aliphatic rings. The van der Waals surface area contributed by atoms with Crippen molar-refractivity contribution in [1.29, 1.82) is 0 Å². The minimum absolute atomic E-state index is 0.200. The van der Waals surface area contributed by atoms with Gasteiger partial charge in [-0.05, 0) is 36.5 Å². The van der Waals surface area contributed by atoms with Crippen LogP contribution in [0.15, 0.2) is 24.3 Å². The van der Waals surface area contributed by atoms with Gasteiger partial charge in [0.15, 0.2) is 0 Å². The molecule has 0 radical (unpaired) electrons. The number of ether oxygens (including phenoxy) is 1. The quantitative estimate of drug-likeness (QED) is 0.882. The lowest BCUT2D eigenvalue weighted by molar-refractivity contribution is -0.104. The Hall–Kier alpha value is -1.17. The Bertz CT molecular complexity index is 599. The fourth-order valence-electron chi connectivity index (χ4n) is 3.27. The maximum absolute atomic E-state index is 6.28. The molecule has 1 aliphatic carbocycles. The molecule has 0 bridgehead atoms. The molecule has 1 aromatic heterocycles. The van der Waals surface area contributed by atoms with Crippen molar-refractivity contribution in [2.75, 3.05) is 11.9 Å². The van der Waals surface area contributed by atoms with Crippen LogP contribution in [0.1, 0.15) is 12.8 Å². The Morgan fingerprint density at radius 1 is 1.37 bits per heavy atom. The molecule has 0 amide bonds. The molecule has 4 nitrogen and oxygen atoms in total. The molecule has 4 unspecified atom stereocenters. The maximum atomic E-state index is 6.28. The van der Waals surface area contributed by atoms with Crippen LogP contribution in [0.25, 0.3) is 10.9 Å². The standard InChI is InChI=1S/C14H17N3OS/c15-11-9-5-3-7-18-13(9)12(11)16-14-8-4-1-2-6-10(8)17-19-14/h1-2,4,6,9,11-13,16H,3,5,7,15H2. The second kappa shape index (κ2) is 4.44. The SMILES string of the molecule is NC1C2CCCOC2C1Nc1snc2ccccc12. The molecule has 19 heavy (non-hydrogen) atoms. The minimum Gasteiger partial charge on any atom is -0.376 e. The van der Waals surface area contributed by atoms with E-state index in [9.17, 15) is 0 Å². The van der Waals surface area contributed by atoms with Gasteiger partial charge in [0.25, 0.3) is 0 Å². The van der Waals surface area contributed by atoms with Gasteiger partial charge in [-0.25, -0.2) is 0 Å². The first kappa shape index (κ1) is 11.6. The van der Waals surface area contributed by atoms with Crippen LogP contribution in [0.3, 0.4) is 0 Å². The fraction of sp³-hybridized carbons (Fsp3) is 0.500. The zero-order valence-electron chi connectivity index (χ0n) is 10.6. The van der Waals surface area contributed by atoms with Gasteiger partial charge in [-0.2, -0.15) is 4.37 Å². The molecule has 2 heterocycles. The van der Waals surface area contributed by atoms with Crippen LogP contribution < -0.4 is 11.1 Å². The van der Waals surface area contributed by atoms with Crippen molar-refractivity contribution >= 4 is 27.4 Å². The van der Waals surface area contributed by atoms with E-state index in [-0.39, 0.29) is 18.2 Å². The molecule has 5 heteroatoms. The first-order valence-electron chi connectivity index (χ1n) is 6.83. The number of hydrogen-bond donors (Lipinski definition) is 2. The van der Waals surface area contributed by atoms with E-state index in [1.807, 2.05) is 18.2 Å². The molecule has 1 saturated carbocycles. The van der Waals surface area contributed by atoms with Crippen molar-refractivity contribution in [1.82, 2.24) is 4.37 Å². The van der Waals surface area contributed by atoms with E-state index in [0.29, 0.717) is 5.92 Å². The average Bonchev–Trinajstić information content (AvgIpc) is 2.87. The smallest absolute Gasteiger partial charge is 0.117 e. The predicted molar refractivity (Wildman–Crippen MR) is 77.5 cm³/mol. The summed E-state index contributed by atoms with van der Waals surface area (Å²) in [5.74, 6) is 0.533. The van der Waals surface area contributed by atoms with Crippen LogP contribution in [0.4, 0.5) is 5.00 Å². The van der Waals surface area contributed by atoms with E-state index in [0.717, 1.165) is 23.5 Å². The summed E-state index contributed by atoms with van der Waals surface area (Å²) >= 11 is 1.51. The van der Waals surface area contributed by atoms with E-state index < -0.39 is 0 Å². The van der Waals surface area contributed by atoms with E-state index in [2.05, 4.69) is 15.8 Å². The molecule has 4 rings (SSSR count). The normalized spacial score (nSPS) is 33.7. The Balaban J connectivity index is 1.58. The third-order valence-corrected chi connectivity index (χ3v) is 5.17. The van der Waals surface area contributed by atoms with Gasteiger partial charge in [0.2, 0.25) is 0 Å². The van der Waals surface area contributed by atoms with Crippen molar-refractivity contribution in [2.24, 2.45) is 11.7 Å². The van der Waals surface area contributed by atoms with E-state index in [4.69, 9.17) is 10.5 Å². The zero-order chi connectivity index (χ0) is 12.8. The highest BCUT2D eigenvalue weighted by Gasteiger charge is 2.50. The fourth-order valence-corrected chi connectivity index (χ4v) is 4.08. The number of nitrogens with one attached hydrogen (secondary N) is 1. The molecule has 1 saturated heterocycles. The summed E-state index contributed by atoms with van der Waals surface area (Å²) in [7, 11) is 0. The summed E-state index contributed by atoms with van der Waals surface area (Å²) < 4.78 is 10.3. The molecule has 4 atom stereocenters. The van der Waals surface area contributed by atoms with Gasteiger partial charge in [0.1, 0.15) is 5.00 Å². The van der Waals surface area contributed by atoms with Crippen LogP contribution in [0.5, 0.6) is 0 Å². The molecule has 2 aromatic rings. The van der Waals surface area contributed by atoms with Crippen LogP contribution in [0, 0.1) is 5.92 Å². The Labute approximate surface area is 116 Å². The number of nitrogens with two attached hydrogens (primary N) is 1. The highest BCUT2D eigenvalue weighted by Crippen LogP contribution is 2.40. The average molecular weight is 275 g/mol. The zero-order valence-corrected chi connectivity index (χ0v) is 11.4. The third-order valence-electron chi connectivity index (χ3n) is 4.36. The lowest BCUT2D eigenvalue weighted by Gasteiger charge is -2.52.